The van der Waals surface area contributed by atoms with Gasteiger partial charge >= 0.3 is 0 Å². The lowest BCUT2D eigenvalue weighted by atomic mass is 10.1. The normalized spacial score (nSPS) is 10.8. The van der Waals surface area contributed by atoms with Gasteiger partial charge in [-0.1, -0.05) is 0 Å². The van der Waals surface area contributed by atoms with E-state index in [-0.39, 0.29) is 22.6 Å². The van der Waals surface area contributed by atoms with E-state index in [9.17, 15) is 14.4 Å². The van der Waals surface area contributed by atoms with E-state index in [2.05, 4.69) is 25.9 Å². The molecule has 0 fully saturated rings. The third-order valence-electron chi connectivity index (χ3n) is 4.11. The Labute approximate surface area is 165 Å². The summed E-state index contributed by atoms with van der Waals surface area (Å²) in [7, 11) is 1.35. The minimum atomic E-state index is -0.634. The highest BCUT2D eigenvalue weighted by Gasteiger charge is 2.19. The molecule has 2 aromatic carbocycles. The molecule has 0 aliphatic rings. The summed E-state index contributed by atoms with van der Waals surface area (Å²) in [5.41, 5.74) is 0.693. The van der Waals surface area contributed by atoms with Crippen LogP contribution in [-0.2, 0) is 0 Å². The van der Waals surface area contributed by atoms with Crippen molar-refractivity contribution in [2.45, 2.75) is 0 Å². The number of benzene rings is 2. The molecule has 7 nitrogen and oxygen atoms in total. The minimum absolute atomic E-state index is 0.0445. The van der Waals surface area contributed by atoms with Crippen LogP contribution in [0.25, 0.3) is 28.1 Å². The number of methoxy groups -OCH3 is 1. The van der Waals surface area contributed by atoms with Crippen LogP contribution in [-0.4, -0.2) is 21.6 Å². The average Bonchev–Trinajstić information content (AvgIpc) is 3.22. The number of ether oxygens (including phenoxy) is 1. The Morgan fingerprint density at radius 1 is 1.32 bits per heavy atom. The molecule has 9 heteroatoms. The fraction of sp³-hybridized carbons (Fsp3) is 0.0526. The molecule has 2 aromatic heterocycles. The molecule has 138 valence electrons. The van der Waals surface area contributed by atoms with E-state index in [1.807, 2.05) is 6.07 Å². The van der Waals surface area contributed by atoms with Gasteiger partial charge in [0.1, 0.15) is 12.0 Å². The number of nitriles is 1. The van der Waals surface area contributed by atoms with Gasteiger partial charge in [0.05, 0.1) is 35.3 Å². The summed E-state index contributed by atoms with van der Waals surface area (Å²) in [6.07, 6.45) is 2.54. The second kappa shape index (κ2) is 6.90. The maximum absolute atomic E-state index is 14.3. The van der Waals surface area contributed by atoms with Crippen LogP contribution in [0.15, 0.2) is 56.7 Å². The highest BCUT2D eigenvalue weighted by atomic mass is 79.9. The largest absolute Gasteiger partial charge is 0.494 e. The molecular formula is C19H10BrFN4O3. The van der Waals surface area contributed by atoms with Gasteiger partial charge < -0.3 is 9.15 Å². The Kier molecular flexibility index (Phi) is 4.41. The Bertz CT molecular complexity index is 1310. The number of aromatic nitrogens is 3. The van der Waals surface area contributed by atoms with Crippen LogP contribution in [0.1, 0.15) is 5.56 Å². The van der Waals surface area contributed by atoms with Crippen LogP contribution in [0.3, 0.4) is 0 Å². The van der Waals surface area contributed by atoms with Crippen molar-refractivity contribution in [2.75, 3.05) is 7.11 Å². The maximum Gasteiger partial charge on any atom is 0.266 e. The van der Waals surface area contributed by atoms with Gasteiger partial charge in [0.15, 0.2) is 23.8 Å². The second-order valence-electron chi connectivity index (χ2n) is 5.73. The lowest BCUT2D eigenvalue weighted by Crippen LogP contribution is -2.22. The van der Waals surface area contributed by atoms with Crippen LogP contribution in [0.5, 0.6) is 5.75 Å². The molecule has 0 N–H and O–H groups in total. The number of nitrogens with zero attached hydrogens (tertiary/aromatic N) is 4. The van der Waals surface area contributed by atoms with Crippen molar-refractivity contribution >= 4 is 26.8 Å². The maximum atomic E-state index is 14.3. The predicted molar refractivity (Wildman–Crippen MR) is 102 cm³/mol. The third kappa shape index (κ3) is 2.84. The van der Waals surface area contributed by atoms with Crippen molar-refractivity contribution in [3.63, 3.8) is 0 Å². The number of halogens is 2. The van der Waals surface area contributed by atoms with Gasteiger partial charge in [-0.3, -0.25) is 9.36 Å². The smallest absolute Gasteiger partial charge is 0.266 e. The molecule has 4 aromatic rings. The van der Waals surface area contributed by atoms with Crippen molar-refractivity contribution in [1.82, 2.24) is 14.5 Å². The molecule has 0 bridgehead atoms. The SMILES string of the molecule is COc1ccc(-n2c(-c3cocn3)nc3c(Br)cc(C#N)cc3c2=O)cc1F. The third-order valence-corrected chi connectivity index (χ3v) is 4.71. The molecule has 4 rings (SSSR count). The first-order valence-electron chi connectivity index (χ1n) is 7.92. The molecular weight excluding hydrogens is 431 g/mol. The number of hydrogen-bond acceptors (Lipinski definition) is 6. The molecule has 2 heterocycles. The van der Waals surface area contributed by atoms with E-state index in [1.54, 1.807) is 6.07 Å². The van der Waals surface area contributed by atoms with Gasteiger partial charge in [-0.15, -0.1) is 0 Å². The quantitative estimate of drug-likeness (QED) is 0.480. The monoisotopic (exact) mass is 440 g/mol. The summed E-state index contributed by atoms with van der Waals surface area (Å²) in [6.45, 7) is 0. The minimum Gasteiger partial charge on any atom is -0.494 e. The highest BCUT2D eigenvalue weighted by molar-refractivity contribution is 9.10. The summed E-state index contributed by atoms with van der Waals surface area (Å²) in [5.74, 6) is -0.422. The number of hydrogen-bond donors (Lipinski definition) is 0. The standard InChI is InChI=1S/C19H10BrFN4O3/c1-27-16-3-2-11(6-14(16)21)25-18(15-8-28-9-23-15)24-17-12(19(25)26)4-10(7-22)5-13(17)20/h2-6,8-9H,1H3. The molecule has 0 radical (unpaired) electrons. The molecule has 0 amide bonds. The zero-order valence-corrected chi connectivity index (χ0v) is 15.9. The highest BCUT2D eigenvalue weighted by Crippen LogP contribution is 2.28. The Balaban J connectivity index is 2.13. The van der Waals surface area contributed by atoms with Crippen molar-refractivity contribution < 1.29 is 13.5 Å². The Hall–Kier alpha value is -3.51. The van der Waals surface area contributed by atoms with E-state index in [0.29, 0.717) is 21.2 Å². The lowest BCUT2D eigenvalue weighted by Gasteiger charge is -2.14. The predicted octanol–water partition coefficient (Wildman–Crippen LogP) is 3.82. The summed E-state index contributed by atoms with van der Waals surface area (Å²) < 4.78 is 26.0. The summed E-state index contributed by atoms with van der Waals surface area (Å²) in [4.78, 5) is 21.9. The first-order chi connectivity index (χ1) is 13.5. The first kappa shape index (κ1) is 17.9. The van der Waals surface area contributed by atoms with Gasteiger partial charge in [-0.25, -0.2) is 14.4 Å². The van der Waals surface area contributed by atoms with E-state index in [1.165, 1.54) is 48.6 Å². The molecule has 0 aliphatic heterocycles. The Morgan fingerprint density at radius 3 is 2.79 bits per heavy atom. The molecule has 0 aliphatic carbocycles. The fourth-order valence-corrected chi connectivity index (χ4v) is 3.39. The molecule has 0 unspecified atom stereocenters. The zero-order valence-electron chi connectivity index (χ0n) is 14.3. The van der Waals surface area contributed by atoms with Gasteiger partial charge in [-0.05, 0) is 40.2 Å². The Morgan fingerprint density at radius 2 is 2.14 bits per heavy atom. The van der Waals surface area contributed by atoms with Crippen molar-refractivity contribution in [3.8, 4) is 29.0 Å². The number of fused-ring (bicyclic) bond motifs is 1. The summed E-state index contributed by atoms with van der Waals surface area (Å²) in [6, 6.07) is 9.12. The van der Waals surface area contributed by atoms with Crippen molar-refractivity contribution in [2.24, 2.45) is 0 Å². The van der Waals surface area contributed by atoms with Crippen LogP contribution >= 0.6 is 15.9 Å². The lowest BCUT2D eigenvalue weighted by molar-refractivity contribution is 0.386. The van der Waals surface area contributed by atoms with Crippen LogP contribution in [0, 0.1) is 17.1 Å². The topological polar surface area (TPSA) is 93.9 Å². The average molecular weight is 441 g/mol. The number of rotatable bonds is 3. The van der Waals surface area contributed by atoms with Gasteiger partial charge in [0.2, 0.25) is 0 Å². The van der Waals surface area contributed by atoms with E-state index >= 15 is 0 Å². The van der Waals surface area contributed by atoms with E-state index < -0.39 is 11.4 Å². The zero-order chi connectivity index (χ0) is 19.8. The molecule has 0 saturated heterocycles. The second-order valence-corrected chi connectivity index (χ2v) is 6.59. The molecule has 28 heavy (non-hydrogen) atoms. The number of oxazole rings is 1. The van der Waals surface area contributed by atoms with Crippen molar-refractivity contribution in [3.05, 3.63) is 69.2 Å². The van der Waals surface area contributed by atoms with Crippen LogP contribution in [0.4, 0.5) is 4.39 Å². The molecule has 0 atom stereocenters. The first-order valence-corrected chi connectivity index (χ1v) is 8.71. The summed E-state index contributed by atoms with van der Waals surface area (Å²) >= 11 is 3.35. The van der Waals surface area contributed by atoms with Crippen molar-refractivity contribution in [1.29, 1.82) is 5.26 Å². The van der Waals surface area contributed by atoms with E-state index in [4.69, 9.17) is 9.15 Å². The van der Waals surface area contributed by atoms with Crippen LogP contribution in [0.2, 0.25) is 0 Å². The summed E-state index contributed by atoms with van der Waals surface area (Å²) in [5, 5.41) is 9.41. The fourth-order valence-electron chi connectivity index (χ4n) is 2.84. The van der Waals surface area contributed by atoms with Crippen LogP contribution < -0.4 is 10.3 Å². The van der Waals surface area contributed by atoms with Gasteiger partial charge in [-0.2, -0.15) is 5.26 Å². The van der Waals surface area contributed by atoms with Gasteiger partial charge in [0, 0.05) is 10.5 Å². The molecule has 0 saturated carbocycles. The van der Waals surface area contributed by atoms with Gasteiger partial charge in [0.25, 0.3) is 5.56 Å². The molecule has 0 spiro atoms. The van der Waals surface area contributed by atoms with E-state index in [0.717, 1.165) is 0 Å².